The van der Waals surface area contributed by atoms with Crippen LogP contribution in [0.15, 0.2) is 17.3 Å². The van der Waals surface area contributed by atoms with E-state index in [1.807, 2.05) is 6.92 Å². The molecule has 4 saturated carbocycles. The van der Waals surface area contributed by atoms with Crippen LogP contribution in [0.25, 0.3) is 0 Å². The van der Waals surface area contributed by atoms with Crippen LogP contribution in [0.4, 0.5) is 0 Å². The quantitative estimate of drug-likeness (QED) is 0.571. The van der Waals surface area contributed by atoms with E-state index < -0.39 is 5.60 Å². The first-order chi connectivity index (χ1) is 13.1. The largest absolute Gasteiger partial charge is 0.394 e. The number of hydrogen-bond acceptors (Lipinski definition) is 5. The van der Waals surface area contributed by atoms with Crippen LogP contribution in [-0.2, 0) is 9.63 Å². The third-order valence-corrected chi connectivity index (χ3v) is 8.90. The molecule has 0 aromatic heterocycles. The summed E-state index contributed by atoms with van der Waals surface area (Å²) in [6, 6.07) is -0.0580. The van der Waals surface area contributed by atoms with Gasteiger partial charge < -0.3 is 15.7 Å². The molecule has 0 amide bonds. The maximum Gasteiger partial charge on any atom is 0.139 e. The SMILES string of the molecule is C=C1C[C@H]2[C@@H]3CCC(=O)[C@@]3(C)CC[C@@H]2[C@@]2(C)CCC(=NOC[C@H](C)N)C[C@]12O. The summed E-state index contributed by atoms with van der Waals surface area (Å²) >= 11 is 0. The van der Waals surface area contributed by atoms with Gasteiger partial charge in [0.15, 0.2) is 0 Å². The Bertz CT molecular complexity index is 717. The molecule has 7 atom stereocenters. The van der Waals surface area contributed by atoms with Crippen molar-refractivity contribution in [2.75, 3.05) is 6.61 Å². The lowest BCUT2D eigenvalue weighted by Crippen LogP contribution is -2.63. The number of nitrogens with two attached hydrogens (primary N) is 1. The van der Waals surface area contributed by atoms with Crippen LogP contribution in [-0.4, -0.2) is 34.9 Å². The first-order valence-corrected chi connectivity index (χ1v) is 11.0. The van der Waals surface area contributed by atoms with E-state index in [1.165, 1.54) is 0 Å². The van der Waals surface area contributed by atoms with Crippen molar-refractivity contribution in [2.45, 2.75) is 83.8 Å². The first kappa shape index (κ1) is 20.1. The highest BCUT2D eigenvalue weighted by Crippen LogP contribution is 2.67. The molecule has 3 N–H and O–H groups in total. The number of carbonyl (C=O) groups excluding carboxylic acids is 1. The molecule has 156 valence electrons. The fraction of sp³-hybridized carbons (Fsp3) is 0.826. The summed E-state index contributed by atoms with van der Waals surface area (Å²) in [6.45, 7) is 11.1. The number of hydrogen-bond donors (Lipinski definition) is 2. The molecule has 0 aromatic rings. The van der Waals surface area contributed by atoms with E-state index in [9.17, 15) is 9.90 Å². The predicted molar refractivity (Wildman–Crippen MR) is 110 cm³/mol. The Morgan fingerprint density at radius 1 is 1.29 bits per heavy atom. The van der Waals surface area contributed by atoms with Crippen molar-refractivity contribution in [3.05, 3.63) is 12.2 Å². The van der Waals surface area contributed by atoms with E-state index in [0.717, 1.165) is 56.2 Å². The van der Waals surface area contributed by atoms with Crippen LogP contribution in [0.2, 0.25) is 0 Å². The van der Waals surface area contributed by atoms with Crippen molar-refractivity contribution in [1.29, 1.82) is 0 Å². The molecule has 0 aliphatic heterocycles. The van der Waals surface area contributed by atoms with Crippen molar-refractivity contribution in [3.63, 3.8) is 0 Å². The third-order valence-electron chi connectivity index (χ3n) is 8.90. The number of fused-ring (bicyclic) bond motifs is 5. The molecule has 4 fully saturated rings. The van der Waals surface area contributed by atoms with Gasteiger partial charge in [-0.1, -0.05) is 25.6 Å². The van der Waals surface area contributed by atoms with Crippen molar-refractivity contribution >= 4 is 11.5 Å². The monoisotopic (exact) mass is 388 g/mol. The minimum Gasteiger partial charge on any atom is -0.394 e. The fourth-order valence-electron chi connectivity index (χ4n) is 7.13. The summed E-state index contributed by atoms with van der Waals surface area (Å²) < 4.78 is 0. The average molecular weight is 389 g/mol. The van der Waals surface area contributed by atoms with Crippen molar-refractivity contribution in [3.8, 4) is 0 Å². The van der Waals surface area contributed by atoms with Gasteiger partial charge in [0.2, 0.25) is 0 Å². The Hall–Kier alpha value is -1.20. The molecule has 5 nitrogen and oxygen atoms in total. The molecule has 0 radical (unpaired) electrons. The van der Waals surface area contributed by atoms with Crippen molar-refractivity contribution in [1.82, 2.24) is 0 Å². The van der Waals surface area contributed by atoms with Gasteiger partial charge in [0.25, 0.3) is 0 Å². The second-order valence-electron chi connectivity index (χ2n) is 10.5. The highest BCUT2D eigenvalue weighted by atomic mass is 16.6. The van der Waals surface area contributed by atoms with Gasteiger partial charge in [-0.25, -0.2) is 0 Å². The van der Waals surface area contributed by atoms with E-state index in [0.29, 0.717) is 36.6 Å². The summed E-state index contributed by atoms with van der Waals surface area (Å²) in [7, 11) is 0. The van der Waals surface area contributed by atoms with Crippen LogP contribution >= 0.6 is 0 Å². The summed E-state index contributed by atoms with van der Waals surface area (Å²) in [6.07, 6.45) is 6.80. The maximum absolute atomic E-state index is 12.6. The van der Waals surface area contributed by atoms with Gasteiger partial charge in [0, 0.05) is 29.7 Å². The maximum atomic E-state index is 12.6. The molecule has 0 unspecified atom stereocenters. The highest BCUT2D eigenvalue weighted by Gasteiger charge is 2.65. The van der Waals surface area contributed by atoms with Gasteiger partial charge in [-0.3, -0.25) is 4.79 Å². The Kier molecular flexibility index (Phi) is 4.78. The number of ketones is 1. The minimum atomic E-state index is -0.931. The predicted octanol–water partition coefficient (Wildman–Crippen LogP) is 3.60. The molecule has 0 spiro atoms. The third kappa shape index (κ3) is 2.72. The fourth-order valence-corrected chi connectivity index (χ4v) is 7.13. The summed E-state index contributed by atoms with van der Waals surface area (Å²) in [5, 5.41) is 16.2. The number of nitrogens with zero attached hydrogens (tertiary/aromatic N) is 1. The van der Waals surface area contributed by atoms with Gasteiger partial charge in [0.1, 0.15) is 12.4 Å². The summed E-state index contributed by atoms with van der Waals surface area (Å²) in [5.74, 6) is 1.81. The molecular formula is C23H36N2O3. The van der Waals surface area contributed by atoms with Crippen molar-refractivity contribution in [2.24, 2.45) is 39.5 Å². The smallest absolute Gasteiger partial charge is 0.139 e. The lowest BCUT2D eigenvalue weighted by molar-refractivity contribution is -0.161. The molecule has 4 aliphatic rings. The van der Waals surface area contributed by atoms with Gasteiger partial charge in [-0.2, -0.15) is 0 Å². The molecule has 28 heavy (non-hydrogen) atoms. The van der Waals surface area contributed by atoms with Crippen molar-refractivity contribution < 1.29 is 14.7 Å². The lowest BCUT2D eigenvalue weighted by Gasteiger charge is -2.63. The molecular weight excluding hydrogens is 352 g/mol. The van der Waals surface area contributed by atoms with Crippen LogP contribution in [0.5, 0.6) is 0 Å². The molecule has 0 heterocycles. The van der Waals surface area contributed by atoms with Crippen LogP contribution in [0, 0.1) is 28.6 Å². The molecule has 0 saturated heterocycles. The zero-order valence-electron chi connectivity index (χ0n) is 17.7. The Morgan fingerprint density at radius 2 is 2.04 bits per heavy atom. The van der Waals surface area contributed by atoms with E-state index in [4.69, 9.17) is 10.6 Å². The van der Waals surface area contributed by atoms with Gasteiger partial charge in [-0.15, -0.1) is 0 Å². The van der Waals surface area contributed by atoms with Crippen LogP contribution in [0.1, 0.15) is 72.1 Å². The van der Waals surface area contributed by atoms with Gasteiger partial charge >= 0.3 is 0 Å². The molecule has 4 rings (SSSR count). The number of rotatable bonds is 3. The zero-order chi connectivity index (χ0) is 20.3. The molecule has 4 aliphatic carbocycles. The van der Waals surface area contributed by atoms with Gasteiger partial charge in [-0.05, 0) is 68.8 Å². The van der Waals surface area contributed by atoms with Gasteiger partial charge in [0.05, 0.1) is 11.3 Å². The number of oxime groups is 1. The zero-order valence-corrected chi connectivity index (χ0v) is 17.7. The lowest BCUT2D eigenvalue weighted by atomic mass is 9.43. The topological polar surface area (TPSA) is 84.9 Å². The first-order valence-electron chi connectivity index (χ1n) is 11.0. The molecule has 0 bridgehead atoms. The number of Topliss-reactive ketones (excluding diaryl/α,β-unsaturated/α-hetero) is 1. The average Bonchev–Trinajstić information content (AvgIpc) is 2.93. The molecule has 0 aromatic carbocycles. The van der Waals surface area contributed by atoms with E-state index in [2.05, 4.69) is 25.6 Å². The Morgan fingerprint density at radius 3 is 2.75 bits per heavy atom. The van der Waals surface area contributed by atoms with Crippen LogP contribution < -0.4 is 5.73 Å². The minimum absolute atomic E-state index is 0.0580. The normalized spacial score (nSPS) is 48.0. The summed E-state index contributed by atoms with van der Waals surface area (Å²) in [4.78, 5) is 18.0. The number of carbonyl (C=O) groups is 1. The summed E-state index contributed by atoms with van der Waals surface area (Å²) in [5.41, 5.74) is 6.29. The molecule has 5 heteroatoms. The number of aliphatic hydroxyl groups is 1. The second-order valence-corrected chi connectivity index (χ2v) is 10.5. The van der Waals surface area contributed by atoms with E-state index >= 15 is 0 Å². The standard InChI is InChI=1S/C23H36N2O3/c1-14-11-17-18-5-6-20(26)21(18,3)9-8-19(17)22(4)10-7-16(12-23(14,22)27)25-28-13-15(2)24/h15,17-19,27H,1,5-13,24H2,2-4H3/t15-,17-,18-,19-,21-,22+,23-/m0/s1. The second kappa shape index (κ2) is 6.66. The van der Waals surface area contributed by atoms with Crippen LogP contribution in [0.3, 0.4) is 0 Å². The highest BCUT2D eigenvalue weighted by molar-refractivity contribution is 5.88. The van der Waals surface area contributed by atoms with E-state index in [-0.39, 0.29) is 16.9 Å². The Balaban J connectivity index is 1.60. The Labute approximate surface area is 168 Å². The van der Waals surface area contributed by atoms with E-state index in [1.54, 1.807) is 0 Å².